The second kappa shape index (κ2) is 6.55. The van der Waals surface area contributed by atoms with Crippen LogP contribution < -0.4 is 11.5 Å². The van der Waals surface area contributed by atoms with Gasteiger partial charge >= 0.3 is 0 Å². The Morgan fingerprint density at radius 1 is 1.35 bits per heavy atom. The fourth-order valence-electron chi connectivity index (χ4n) is 3.22. The van der Waals surface area contributed by atoms with Gasteiger partial charge in [0.05, 0.1) is 0 Å². The van der Waals surface area contributed by atoms with Crippen molar-refractivity contribution >= 4 is 5.82 Å². The minimum Gasteiger partial charge on any atom is -0.384 e. The summed E-state index contributed by atoms with van der Waals surface area (Å²) in [5.74, 6) is 0.575. The molecular formula is C16H28N4. The summed E-state index contributed by atoms with van der Waals surface area (Å²) in [6.07, 6.45) is 7.64. The van der Waals surface area contributed by atoms with E-state index in [1.165, 1.54) is 37.9 Å². The average Bonchev–Trinajstić information content (AvgIpc) is 2.47. The zero-order chi connectivity index (χ0) is 14.6. The van der Waals surface area contributed by atoms with Gasteiger partial charge in [-0.15, -0.1) is 0 Å². The number of nitrogens with zero attached hydrogens (tertiary/aromatic N) is 2. The van der Waals surface area contributed by atoms with Gasteiger partial charge in [-0.1, -0.05) is 13.3 Å². The van der Waals surface area contributed by atoms with Crippen LogP contribution in [0.25, 0.3) is 0 Å². The number of nitrogens with two attached hydrogens (primary N) is 2. The van der Waals surface area contributed by atoms with Gasteiger partial charge in [-0.3, -0.25) is 4.90 Å². The van der Waals surface area contributed by atoms with Crippen molar-refractivity contribution in [1.29, 1.82) is 0 Å². The SMILES string of the molecule is CCC(C)(C(N)Cc1ccnc(N)c1)N1CCCCC1. The Balaban J connectivity index is 2.09. The monoisotopic (exact) mass is 276 g/mol. The first kappa shape index (κ1) is 15.3. The molecule has 0 aliphatic carbocycles. The molecule has 0 amide bonds. The van der Waals surface area contributed by atoms with E-state index in [9.17, 15) is 0 Å². The molecule has 0 bridgehead atoms. The van der Waals surface area contributed by atoms with E-state index in [0.29, 0.717) is 5.82 Å². The van der Waals surface area contributed by atoms with Crippen LogP contribution in [0.4, 0.5) is 5.82 Å². The van der Waals surface area contributed by atoms with E-state index in [2.05, 4.69) is 23.7 Å². The number of aromatic nitrogens is 1. The lowest BCUT2D eigenvalue weighted by molar-refractivity contribution is 0.0546. The molecule has 1 aliphatic heterocycles. The molecule has 0 saturated carbocycles. The molecule has 112 valence electrons. The van der Waals surface area contributed by atoms with Crippen molar-refractivity contribution in [3.05, 3.63) is 23.9 Å². The van der Waals surface area contributed by atoms with E-state index in [4.69, 9.17) is 11.5 Å². The highest BCUT2D eigenvalue weighted by atomic mass is 15.2. The van der Waals surface area contributed by atoms with Crippen LogP contribution in [0.1, 0.15) is 45.1 Å². The normalized spacial score (nSPS) is 21.4. The molecule has 2 rings (SSSR count). The molecule has 4 N–H and O–H groups in total. The van der Waals surface area contributed by atoms with E-state index in [0.717, 1.165) is 12.8 Å². The maximum absolute atomic E-state index is 6.57. The molecule has 4 nitrogen and oxygen atoms in total. The quantitative estimate of drug-likeness (QED) is 0.865. The van der Waals surface area contributed by atoms with Crippen LogP contribution in [0, 0.1) is 0 Å². The highest BCUT2D eigenvalue weighted by Gasteiger charge is 2.36. The first-order valence-electron chi connectivity index (χ1n) is 7.77. The van der Waals surface area contributed by atoms with Crippen molar-refractivity contribution in [3.63, 3.8) is 0 Å². The van der Waals surface area contributed by atoms with Crippen LogP contribution in [0.2, 0.25) is 0 Å². The van der Waals surface area contributed by atoms with Gasteiger partial charge in [0, 0.05) is 17.8 Å². The summed E-state index contributed by atoms with van der Waals surface area (Å²) in [7, 11) is 0. The molecule has 2 heterocycles. The molecule has 4 heteroatoms. The number of piperidine rings is 1. The van der Waals surface area contributed by atoms with Crippen molar-refractivity contribution in [3.8, 4) is 0 Å². The first-order valence-corrected chi connectivity index (χ1v) is 7.77. The van der Waals surface area contributed by atoms with Gasteiger partial charge in [-0.05, 0) is 63.4 Å². The maximum Gasteiger partial charge on any atom is 0.123 e. The number of hydrogen-bond acceptors (Lipinski definition) is 4. The van der Waals surface area contributed by atoms with Gasteiger partial charge in [-0.2, -0.15) is 0 Å². The van der Waals surface area contributed by atoms with Gasteiger partial charge in [0.25, 0.3) is 0 Å². The molecule has 1 saturated heterocycles. The number of nitrogen functional groups attached to an aromatic ring is 1. The number of hydrogen-bond donors (Lipinski definition) is 2. The Morgan fingerprint density at radius 3 is 2.65 bits per heavy atom. The second-order valence-corrected chi connectivity index (χ2v) is 6.16. The van der Waals surface area contributed by atoms with Crippen molar-refractivity contribution in [2.75, 3.05) is 18.8 Å². The van der Waals surface area contributed by atoms with Gasteiger partial charge < -0.3 is 11.5 Å². The molecule has 1 aliphatic rings. The third-order valence-electron chi connectivity index (χ3n) is 4.89. The Kier molecular flexibility index (Phi) is 5.00. The summed E-state index contributed by atoms with van der Waals surface area (Å²) < 4.78 is 0. The average molecular weight is 276 g/mol. The summed E-state index contributed by atoms with van der Waals surface area (Å²) in [5.41, 5.74) is 13.6. The van der Waals surface area contributed by atoms with Crippen LogP contribution >= 0.6 is 0 Å². The van der Waals surface area contributed by atoms with Crippen molar-refractivity contribution in [2.45, 2.75) is 57.5 Å². The fraction of sp³-hybridized carbons (Fsp3) is 0.688. The van der Waals surface area contributed by atoms with Crippen LogP contribution in [-0.2, 0) is 6.42 Å². The van der Waals surface area contributed by atoms with E-state index in [1.54, 1.807) is 6.20 Å². The second-order valence-electron chi connectivity index (χ2n) is 6.16. The van der Waals surface area contributed by atoms with Gasteiger partial charge in [0.2, 0.25) is 0 Å². The van der Waals surface area contributed by atoms with E-state index in [-0.39, 0.29) is 11.6 Å². The molecule has 0 radical (unpaired) electrons. The number of rotatable bonds is 5. The fourth-order valence-corrected chi connectivity index (χ4v) is 3.22. The predicted molar refractivity (Wildman–Crippen MR) is 84.4 cm³/mol. The summed E-state index contributed by atoms with van der Waals surface area (Å²) in [5, 5.41) is 0. The molecule has 2 atom stereocenters. The molecule has 1 fully saturated rings. The van der Waals surface area contributed by atoms with Crippen LogP contribution in [0.5, 0.6) is 0 Å². The molecule has 1 aromatic heterocycles. The topological polar surface area (TPSA) is 68.2 Å². The van der Waals surface area contributed by atoms with E-state index in [1.807, 2.05) is 12.1 Å². The first-order chi connectivity index (χ1) is 9.56. The highest BCUT2D eigenvalue weighted by Crippen LogP contribution is 2.28. The van der Waals surface area contributed by atoms with Gasteiger partial charge in [0.15, 0.2) is 0 Å². The van der Waals surface area contributed by atoms with Crippen molar-refractivity contribution in [1.82, 2.24) is 9.88 Å². The number of pyridine rings is 1. The molecule has 20 heavy (non-hydrogen) atoms. The van der Waals surface area contributed by atoms with Crippen LogP contribution in [0.15, 0.2) is 18.3 Å². The lowest BCUT2D eigenvalue weighted by atomic mass is 9.83. The summed E-state index contributed by atoms with van der Waals surface area (Å²) in [6, 6.07) is 4.07. The molecule has 0 spiro atoms. The maximum atomic E-state index is 6.57. The van der Waals surface area contributed by atoms with E-state index < -0.39 is 0 Å². The summed E-state index contributed by atoms with van der Waals surface area (Å²) in [6.45, 7) is 6.91. The van der Waals surface area contributed by atoms with E-state index >= 15 is 0 Å². The smallest absolute Gasteiger partial charge is 0.123 e. The summed E-state index contributed by atoms with van der Waals surface area (Å²) >= 11 is 0. The van der Waals surface area contributed by atoms with Crippen molar-refractivity contribution < 1.29 is 0 Å². The minimum atomic E-state index is 0.0679. The molecular weight excluding hydrogens is 248 g/mol. The highest BCUT2D eigenvalue weighted by molar-refractivity contribution is 5.32. The molecule has 0 aromatic carbocycles. The number of likely N-dealkylation sites (tertiary alicyclic amines) is 1. The lowest BCUT2D eigenvalue weighted by Crippen LogP contribution is -2.59. The van der Waals surface area contributed by atoms with Crippen LogP contribution in [-0.4, -0.2) is 34.6 Å². The Morgan fingerprint density at radius 2 is 2.05 bits per heavy atom. The lowest BCUT2D eigenvalue weighted by Gasteiger charge is -2.47. The predicted octanol–water partition coefficient (Wildman–Crippen LogP) is 2.19. The Bertz CT molecular complexity index is 428. The summed E-state index contributed by atoms with van der Waals surface area (Å²) in [4.78, 5) is 6.63. The molecule has 1 aromatic rings. The van der Waals surface area contributed by atoms with Gasteiger partial charge in [0.1, 0.15) is 5.82 Å². The largest absolute Gasteiger partial charge is 0.384 e. The standard InChI is InChI=1S/C16H28N4/c1-3-16(2,20-9-5-4-6-10-20)14(17)11-13-7-8-19-15(18)12-13/h7-8,12,14H,3-6,9-11,17H2,1-2H3,(H2,18,19). The van der Waals surface area contributed by atoms with Crippen molar-refractivity contribution in [2.24, 2.45) is 5.73 Å². The molecule has 2 unspecified atom stereocenters. The van der Waals surface area contributed by atoms with Gasteiger partial charge in [-0.25, -0.2) is 4.98 Å². The third-order valence-corrected chi connectivity index (χ3v) is 4.89. The Hall–Kier alpha value is -1.13. The third kappa shape index (κ3) is 3.30. The minimum absolute atomic E-state index is 0.0679. The van der Waals surface area contributed by atoms with Crippen LogP contribution in [0.3, 0.4) is 0 Å². The zero-order valence-electron chi connectivity index (χ0n) is 12.8. The number of anilines is 1. The Labute approximate surface area is 122 Å². The zero-order valence-corrected chi connectivity index (χ0v) is 12.8.